The van der Waals surface area contributed by atoms with Crippen molar-refractivity contribution in [2.75, 3.05) is 13.1 Å². The largest absolute Gasteiger partial charge is 0.480 e. The van der Waals surface area contributed by atoms with E-state index in [1.165, 1.54) is 0 Å². The van der Waals surface area contributed by atoms with Gasteiger partial charge in [-0.1, -0.05) is 29.8 Å². The van der Waals surface area contributed by atoms with E-state index >= 15 is 0 Å². The highest BCUT2D eigenvalue weighted by Crippen LogP contribution is 2.06. The van der Waals surface area contributed by atoms with Gasteiger partial charge in [-0.25, -0.2) is 0 Å². The van der Waals surface area contributed by atoms with Crippen LogP contribution in [0, 0.1) is 6.92 Å². The highest BCUT2D eigenvalue weighted by molar-refractivity contribution is 5.86. The molecule has 1 aromatic rings. The quantitative estimate of drug-likeness (QED) is 0.666. The lowest BCUT2D eigenvalue weighted by molar-refractivity contribution is -0.137. The number of carbonyl (C=O) groups excluding carboxylic acids is 2. The fraction of sp³-hybridized carbons (Fsp3) is 0.357. The number of aliphatic carboxylic acids is 1. The SMILES string of the molecule is Cc1cccc(CCC(=O)NCC(=O)NCC(=O)O)c1. The molecule has 0 unspecified atom stereocenters. The van der Waals surface area contributed by atoms with Crippen molar-refractivity contribution in [2.45, 2.75) is 19.8 Å². The lowest BCUT2D eigenvalue weighted by Crippen LogP contribution is -2.39. The fourth-order valence-electron chi connectivity index (χ4n) is 1.63. The van der Waals surface area contributed by atoms with Crippen molar-refractivity contribution in [3.05, 3.63) is 35.4 Å². The van der Waals surface area contributed by atoms with Crippen LogP contribution in [0.3, 0.4) is 0 Å². The molecule has 20 heavy (non-hydrogen) atoms. The van der Waals surface area contributed by atoms with Gasteiger partial charge in [-0.2, -0.15) is 0 Å². The Morgan fingerprint density at radius 2 is 1.80 bits per heavy atom. The van der Waals surface area contributed by atoms with Crippen molar-refractivity contribution in [3.63, 3.8) is 0 Å². The highest BCUT2D eigenvalue weighted by Gasteiger charge is 2.07. The highest BCUT2D eigenvalue weighted by atomic mass is 16.4. The molecule has 3 N–H and O–H groups in total. The molecule has 0 aliphatic heterocycles. The minimum Gasteiger partial charge on any atom is -0.480 e. The standard InChI is InChI=1S/C14H18N2O4/c1-10-3-2-4-11(7-10)5-6-12(17)15-8-13(18)16-9-14(19)20/h2-4,7H,5-6,8-9H2,1H3,(H,15,17)(H,16,18)(H,19,20). The number of carboxylic acid groups (broad SMARTS) is 1. The van der Waals surface area contributed by atoms with E-state index < -0.39 is 18.4 Å². The van der Waals surface area contributed by atoms with Gasteiger partial charge in [0.2, 0.25) is 11.8 Å². The minimum absolute atomic E-state index is 0.208. The van der Waals surface area contributed by atoms with Gasteiger partial charge in [-0.3, -0.25) is 14.4 Å². The summed E-state index contributed by atoms with van der Waals surface area (Å²) in [5, 5.41) is 13.0. The second-order valence-electron chi connectivity index (χ2n) is 4.44. The van der Waals surface area contributed by atoms with Gasteiger partial charge >= 0.3 is 5.97 Å². The molecule has 0 bridgehead atoms. The van der Waals surface area contributed by atoms with Gasteiger partial charge in [-0.05, 0) is 18.9 Å². The molecule has 0 atom stereocenters. The lowest BCUT2D eigenvalue weighted by Gasteiger charge is -2.06. The predicted molar refractivity (Wildman–Crippen MR) is 73.2 cm³/mol. The van der Waals surface area contributed by atoms with Gasteiger partial charge in [0.25, 0.3) is 0 Å². The van der Waals surface area contributed by atoms with Crippen LogP contribution in [0.25, 0.3) is 0 Å². The number of hydrogen-bond acceptors (Lipinski definition) is 3. The zero-order valence-electron chi connectivity index (χ0n) is 11.3. The van der Waals surface area contributed by atoms with Crippen LogP contribution in [-0.2, 0) is 20.8 Å². The Morgan fingerprint density at radius 1 is 1.10 bits per heavy atom. The van der Waals surface area contributed by atoms with Gasteiger partial charge in [-0.15, -0.1) is 0 Å². The van der Waals surface area contributed by atoms with Gasteiger partial charge in [0.05, 0.1) is 6.54 Å². The van der Waals surface area contributed by atoms with Crippen LogP contribution >= 0.6 is 0 Å². The smallest absolute Gasteiger partial charge is 0.322 e. The summed E-state index contributed by atoms with van der Waals surface area (Å²) in [5.41, 5.74) is 2.20. The van der Waals surface area contributed by atoms with Crippen LogP contribution in [0.1, 0.15) is 17.5 Å². The summed E-state index contributed by atoms with van der Waals surface area (Å²) in [6.45, 7) is 1.33. The predicted octanol–water partition coefficient (Wildman–Crippen LogP) is 0.245. The summed E-state index contributed by atoms with van der Waals surface area (Å²) >= 11 is 0. The molecule has 1 aromatic carbocycles. The van der Waals surface area contributed by atoms with Crippen molar-refractivity contribution < 1.29 is 19.5 Å². The first-order chi connectivity index (χ1) is 9.47. The van der Waals surface area contributed by atoms with Crippen LogP contribution < -0.4 is 10.6 Å². The lowest BCUT2D eigenvalue weighted by atomic mass is 10.1. The van der Waals surface area contributed by atoms with E-state index in [1.807, 2.05) is 31.2 Å². The van der Waals surface area contributed by atoms with E-state index in [2.05, 4.69) is 10.6 Å². The first-order valence-electron chi connectivity index (χ1n) is 6.28. The van der Waals surface area contributed by atoms with Crippen LogP contribution in [0.2, 0.25) is 0 Å². The van der Waals surface area contributed by atoms with Crippen LogP contribution in [0.15, 0.2) is 24.3 Å². The number of benzene rings is 1. The fourth-order valence-corrected chi connectivity index (χ4v) is 1.63. The molecule has 108 valence electrons. The summed E-state index contributed by atoms with van der Waals surface area (Å²) in [6, 6.07) is 7.87. The average molecular weight is 278 g/mol. The van der Waals surface area contributed by atoms with Gasteiger partial charge in [0, 0.05) is 6.42 Å². The van der Waals surface area contributed by atoms with Crippen molar-refractivity contribution in [2.24, 2.45) is 0 Å². The number of amides is 2. The van der Waals surface area contributed by atoms with E-state index in [4.69, 9.17) is 5.11 Å². The molecule has 1 rings (SSSR count). The molecule has 6 heteroatoms. The molecule has 0 radical (unpaired) electrons. The third-order valence-electron chi connectivity index (χ3n) is 2.61. The van der Waals surface area contributed by atoms with E-state index in [-0.39, 0.29) is 18.9 Å². The first-order valence-corrected chi connectivity index (χ1v) is 6.28. The van der Waals surface area contributed by atoms with Crippen LogP contribution in [0.5, 0.6) is 0 Å². The van der Waals surface area contributed by atoms with Crippen LogP contribution in [-0.4, -0.2) is 36.0 Å². The van der Waals surface area contributed by atoms with Gasteiger partial charge < -0.3 is 15.7 Å². The molecule has 0 heterocycles. The summed E-state index contributed by atoms with van der Waals surface area (Å²) in [5.74, 6) is -1.88. The number of nitrogens with one attached hydrogen (secondary N) is 2. The van der Waals surface area contributed by atoms with E-state index in [0.717, 1.165) is 11.1 Å². The zero-order valence-corrected chi connectivity index (χ0v) is 11.3. The minimum atomic E-state index is -1.12. The molecule has 6 nitrogen and oxygen atoms in total. The number of rotatable bonds is 7. The van der Waals surface area contributed by atoms with Crippen LogP contribution in [0.4, 0.5) is 0 Å². The molecule has 0 aromatic heterocycles. The Labute approximate surface area is 117 Å². The van der Waals surface area contributed by atoms with Crippen molar-refractivity contribution in [1.29, 1.82) is 0 Å². The number of hydrogen-bond donors (Lipinski definition) is 3. The molecule has 0 aliphatic carbocycles. The third-order valence-corrected chi connectivity index (χ3v) is 2.61. The Bertz CT molecular complexity index is 500. The van der Waals surface area contributed by atoms with Crippen molar-refractivity contribution >= 4 is 17.8 Å². The van der Waals surface area contributed by atoms with E-state index in [1.54, 1.807) is 0 Å². The third kappa shape index (κ3) is 6.53. The van der Waals surface area contributed by atoms with E-state index in [9.17, 15) is 14.4 Å². The Balaban J connectivity index is 2.23. The maximum Gasteiger partial charge on any atom is 0.322 e. The van der Waals surface area contributed by atoms with Crippen molar-refractivity contribution in [3.8, 4) is 0 Å². The maximum atomic E-state index is 11.5. The maximum absolute atomic E-state index is 11.5. The molecule has 0 saturated carbocycles. The average Bonchev–Trinajstić information content (AvgIpc) is 2.40. The second kappa shape index (κ2) is 7.93. The Kier molecular flexibility index (Phi) is 6.22. The normalized spacial score (nSPS) is 9.85. The summed E-state index contributed by atoms with van der Waals surface area (Å²) < 4.78 is 0. The second-order valence-corrected chi connectivity index (χ2v) is 4.44. The van der Waals surface area contributed by atoms with E-state index in [0.29, 0.717) is 6.42 Å². The number of aryl methyl sites for hydroxylation is 2. The number of carboxylic acids is 1. The molecule has 2 amide bonds. The van der Waals surface area contributed by atoms with Crippen molar-refractivity contribution in [1.82, 2.24) is 10.6 Å². The molecular formula is C14H18N2O4. The first kappa shape index (κ1) is 15.7. The van der Waals surface area contributed by atoms with Gasteiger partial charge in [0.1, 0.15) is 6.54 Å². The summed E-state index contributed by atoms with van der Waals surface area (Å²) in [6.07, 6.45) is 0.889. The molecular weight excluding hydrogens is 260 g/mol. The molecule has 0 saturated heterocycles. The Morgan fingerprint density at radius 3 is 2.45 bits per heavy atom. The monoisotopic (exact) mass is 278 g/mol. The number of carbonyl (C=O) groups is 3. The molecule has 0 aliphatic rings. The Hall–Kier alpha value is -2.37. The zero-order chi connectivity index (χ0) is 15.0. The molecule has 0 fully saturated rings. The summed E-state index contributed by atoms with van der Waals surface area (Å²) in [7, 11) is 0. The molecule has 0 spiro atoms. The topological polar surface area (TPSA) is 95.5 Å². The summed E-state index contributed by atoms with van der Waals surface area (Å²) in [4.78, 5) is 32.9. The van der Waals surface area contributed by atoms with Gasteiger partial charge in [0.15, 0.2) is 0 Å².